The molecule has 6 heteroatoms. The molecule has 2 aromatic carbocycles. The quantitative estimate of drug-likeness (QED) is 0.784. The molecule has 0 fully saturated rings. The molecule has 0 atom stereocenters. The molecule has 4 rings (SSSR count). The summed E-state index contributed by atoms with van der Waals surface area (Å²) in [4.78, 5) is 3.64. The van der Waals surface area contributed by atoms with Crippen LogP contribution in [-0.2, 0) is 9.84 Å². The summed E-state index contributed by atoms with van der Waals surface area (Å²) in [5.74, 6) is 1.04. The Morgan fingerprint density at radius 2 is 1.74 bits per heavy atom. The first-order valence-corrected chi connectivity index (χ1v) is 8.78. The third-order valence-corrected chi connectivity index (χ3v) is 5.87. The number of hydrogen-bond donors (Lipinski definition) is 1. The molecule has 0 saturated carbocycles. The first-order valence-electron chi connectivity index (χ1n) is 7.29. The van der Waals surface area contributed by atoms with Crippen LogP contribution in [-0.4, -0.2) is 26.6 Å². The van der Waals surface area contributed by atoms with Crippen molar-refractivity contribution in [1.29, 1.82) is 0 Å². The van der Waals surface area contributed by atoms with Gasteiger partial charge in [-0.05, 0) is 25.1 Å². The monoisotopic (exact) mass is 329 g/mol. The summed E-state index contributed by atoms with van der Waals surface area (Å²) in [6.45, 7) is 2.66. The fraction of sp³-hybridized carbons (Fsp3) is 0.176. The number of hydrogen-bond acceptors (Lipinski definition) is 4. The maximum Gasteiger partial charge on any atom is 0.209 e. The molecule has 1 aliphatic rings. The highest BCUT2D eigenvalue weighted by Crippen LogP contribution is 2.36. The van der Waals surface area contributed by atoms with Gasteiger partial charge in [-0.25, -0.2) is 8.42 Å². The molecule has 118 valence electrons. The molecule has 1 N–H and O–H groups in total. The van der Waals surface area contributed by atoms with Crippen molar-refractivity contribution in [3.05, 3.63) is 48.2 Å². The second kappa shape index (κ2) is 5.03. The molecule has 5 nitrogen and oxygen atoms in total. The summed E-state index contributed by atoms with van der Waals surface area (Å²) in [6.07, 6.45) is 0. The lowest BCUT2D eigenvalue weighted by molar-refractivity contribution is 0.171. The first kappa shape index (κ1) is 14.1. The van der Waals surface area contributed by atoms with E-state index in [0.29, 0.717) is 40.7 Å². The molecule has 1 aromatic heterocycles. The molecule has 0 radical (unpaired) electrons. The molecule has 3 aromatic rings. The normalized spacial score (nSPS) is 14.1. The van der Waals surface area contributed by atoms with Crippen LogP contribution in [0.25, 0.3) is 10.9 Å². The van der Waals surface area contributed by atoms with Crippen LogP contribution < -0.4 is 9.47 Å². The van der Waals surface area contributed by atoms with Crippen LogP contribution in [0.15, 0.2) is 52.3 Å². The standard InChI is InChI=1S/C17H15NO4S/c1-11-17(13-4-2-3-5-14(13)18-11)23(19,20)12-6-7-15-16(10-12)22-9-8-21-15/h2-7,10,18H,8-9H2,1H3. The van der Waals surface area contributed by atoms with Gasteiger partial charge < -0.3 is 14.5 Å². The van der Waals surface area contributed by atoms with Crippen LogP contribution in [0.2, 0.25) is 0 Å². The number of rotatable bonds is 2. The van der Waals surface area contributed by atoms with E-state index in [4.69, 9.17) is 9.47 Å². The number of H-pyrrole nitrogens is 1. The van der Waals surface area contributed by atoms with Gasteiger partial charge in [0.1, 0.15) is 13.2 Å². The Morgan fingerprint density at radius 3 is 2.57 bits per heavy atom. The predicted molar refractivity (Wildman–Crippen MR) is 85.9 cm³/mol. The number of aryl methyl sites for hydroxylation is 1. The van der Waals surface area contributed by atoms with Crippen molar-refractivity contribution in [2.45, 2.75) is 16.7 Å². The highest BCUT2D eigenvalue weighted by Gasteiger charge is 2.26. The summed E-state index contributed by atoms with van der Waals surface area (Å²) in [6, 6.07) is 12.1. The van der Waals surface area contributed by atoms with Crippen LogP contribution >= 0.6 is 0 Å². The molecular weight excluding hydrogens is 314 g/mol. The molecule has 0 bridgehead atoms. The molecular formula is C17H15NO4S. The largest absolute Gasteiger partial charge is 0.486 e. The Morgan fingerprint density at radius 1 is 1.00 bits per heavy atom. The van der Waals surface area contributed by atoms with Crippen LogP contribution in [0, 0.1) is 6.92 Å². The highest BCUT2D eigenvalue weighted by atomic mass is 32.2. The van der Waals surface area contributed by atoms with Gasteiger partial charge in [0.25, 0.3) is 0 Å². The summed E-state index contributed by atoms with van der Waals surface area (Å²) < 4.78 is 37.1. The lowest BCUT2D eigenvalue weighted by Gasteiger charge is -2.18. The van der Waals surface area contributed by atoms with E-state index in [1.165, 1.54) is 6.07 Å². The Labute approximate surface area is 133 Å². The molecule has 23 heavy (non-hydrogen) atoms. The summed E-state index contributed by atoms with van der Waals surface area (Å²) >= 11 is 0. The minimum absolute atomic E-state index is 0.203. The number of fused-ring (bicyclic) bond motifs is 2. The topological polar surface area (TPSA) is 68.4 Å². The van der Waals surface area contributed by atoms with Gasteiger partial charge in [-0.15, -0.1) is 0 Å². The van der Waals surface area contributed by atoms with Gasteiger partial charge in [-0.3, -0.25) is 0 Å². The third-order valence-electron chi connectivity index (χ3n) is 3.93. The fourth-order valence-corrected chi connectivity index (χ4v) is 4.57. The van der Waals surface area contributed by atoms with Crippen LogP contribution in [0.5, 0.6) is 11.5 Å². The zero-order valence-corrected chi connectivity index (χ0v) is 13.3. The molecule has 0 unspecified atom stereocenters. The number of nitrogens with one attached hydrogen (secondary N) is 1. The lowest BCUT2D eigenvalue weighted by Crippen LogP contribution is -2.15. The van der Waals surface area contributed by atoms with Crippen molar-refractivity contribution < 1.29 is 17.9 Å². The third kappa shape index (κ3) is 2.17. The van der Waals surface area contributed by atoms with E-state index in [0.717, 1.165) is 5.52 Å². The molecule has 0 aliphatic carbocycles. The number of para-hydroxylation sites is 1. The summed E-state index contributed by atoms with van der Waals surface area (Å²) in [7, 11) is -3.65. The van der Waals surface area contributed by atoms with E-state index < -0.39 is 9.84 Å². The van der Waals surface area contributed by atoms with Crippen LogP contribution in [0.4, 0.5) is 0 Å². The number of aromatic amines is 1. The van der Waals surface area contributed by atoms with Gasteiger partial charge in [0.15, 0.2) is 11.5 Å². The highest BCUT2D eigenvalue weighted by molar-refractivity contribution is 7.91. The second-order valence-corrected chi connectivity index (χ2v) is 7.32. The zero-order valence-electron chi connectivity index (χ0n) is 12.5. The number of aromatic nitrogens is 1. The first-order chi connectivity index (χ1) is 11.1. The van der Waals surface area contributed by atoms with Crippen LogP contribution in [0.3, 0.4) is 0 Å². The van der Waals surface area contributed by atoms with E-state index in [9.17, 15) is 8.42 Å². The Kier molecular flexibility index (Phi) is 3.09. The van der Waals surface area contributed by atoms with Gasteiger partial charge in [0.2, 0.25) is 9.84 Å². The van der Waals surface area contributed by atoms with Crippen molar-refractivity contribution in [1.82, 2.24) is 4.98 Å². The van der Waals surface area contributed by atoms with Crippen LogP contribution in [0.1, 0.15) is 5.69 Å². The number of sulfone groups is 1. The van der Waals surface area contributed by atoms with Crippen molar-refractivity contribution in [2.75, 3.05) is 13.2 Å². The molecule has 2 heterocycles. The van der Waals surface area contributed by atoms with Crippen molar-refractivity contribution in [2.24, 2.45) is 0 Å². The summed E-state index contributed by atoms with van der Waals surface area (Å²) in [5.41, 5.74) is 1.43. The smallest absolute Gasteiger partial charge is 0.209 e. The predicted octanol–water partition coefficient (Wildman–Crippen LogP) is 3.08. The van der Waals surface area contributed by atoms with Gasteiger partial charge in [0, 0.05) is 22.7 Å². The Balaban J connectivity index is 1.91. The number of ether oxygens (including phenoxy) is 2. The van der Waals surface area contributed by atoms with Gasteiger partial charge in [-0.2, -0.15) is 0 Å². The lowest BCUT2D eigenvalue weighted by atomic mass is 10.2. The van der Waals surface area contributed by atoms with Gasteiger partial charge in [-0.1, -0.05) is 18.2 Å². The Hall–Kier alpha value is -2.47. The van der Waals surface area contributed by atoms with Crippen molar-refractivity contribution in [3.8, 4) is 11.5 Å². The maximum absolute atomic E-state index is 13.1. The molecule has 0 saturated heterocycles. The average Bonchev–Trinajstić information content (AvgIpc) is 2.90. The maximum atomic E-state index is 13.1. The molecule has 0 amide bonds. The average molecular weight is 329 g/mol. The minimum Gasteiger partial charge on any atom is -0.486 e. The fourth-order valence-electron chi connectivity index (χ4n) is 2.91. The Bertz CT molecular complexity index is 1000. The zero-order chi connectivity index (χ0) is 16.0. The minimum atomic E-state index is -3.65. The molecule has 1 aliphatic heterocycles. The van der Waals surface area contributed by atoms with Crippen molar-refractivity contribution in [3.63, 3.8) is 0 Å². The van der Waals surface area contributed by atoms with Gasteiger partial charge >= 0.3 is 0 Å². The van der Waals surface area contributed by atoms with E-state index in [-0.39, 0.29) is 4.90 Å². The van der Waals surface area contributed by atoms with Gasteiger partial charge in [0.05, 0.1) is 9.79 Å². The SMILES string of the molecule is Cc1[nH]c2ccccc2c1S(=O)(=O)c1ccc2c(c1)OCCO2. The van der Waals surface area contributed by atoms with E-state index in [2.05, 4.69) is 4.98 Å². The second-order valence-electron chi connectivity index (χ2n) is 5.43. The van der Waals surface area contributed by atoms with E-state index >= 15 is 0 Å². The summed E-state index contributed by atoms with van der Waals surface area (Å²) in [5, 5.41) is 0.694. The van der Waals surface area contributed by atoms with E-state index in [1.54, 1.807) is 19.1 Å². The number of benzene rings is 2. The van der Waals surface area contributed by atoms with E-state index in [1.807, 2.05) is 24.3 Å². The van der Waals surface area contributed by atoms with Crippen molar-refractivity contribution >= 4 is 20.7 Å². The molecule has 0 spiro atoms.